The number of nitrogens with zero attached hydrogens (tertiary/aromatic N) is 1. The van der Waals surface area contributed by atoms with Crippen LogP contribution in [0.5, 0.6) is 0 Å². The molecule has 1 N–H and O–H groups in total. The van der Waals surface area contributed by atoms with Gasteiger partial charge in [0.2, 0.25) is 11.8 Å². The third kappa shape index (κ3) is 3.71. The Morgan fingerprint density at radius 1 is 1.17 bits per heavy atom. The standard InChI is InChI=1S/C23H15ClN2O4/c1-13(27)26-22-19(12-25)17(14-6-8-16(24)9-7-14)11-21(29-22)18-10-15-4-2-3-5-20(15)30-23(18)28/h2-11,17H,1H3,(H,26,27). The Morgan fingerprint density at radius 2 is 1.90 bits per heavy atom. The van der Waals surface area contributed by atoms with Crippen LogP contribution in [0.4, 0.5) is 0 Å². The van der Waals surface area contributed by atoms with Gasteiger partial charge in [-0.25, -0.2) is 4.79 Å². The molecule has 148 valence electrons. The molecule has 0 radical (unpaired) electrons. The van der Waals surface area contributed by atoms with Crippen molar-refractivity contribution in [2.24, 2.45) is 0 Å². The molecule has 0 bridgehead atoms. The lowest BCUT2D eigenvalue weighted by Crippen LogP contribution is -2.26. The van der Waals surface area contributed by atoms with Crippen molar-refractivity contribution in [3.63, 3.8) is 0 Å². The highest BCUT2D eigenvalue weighted by Crippen LogP contribution is 2.37. The Bertz CT molecular complexity index is 1310. The number of carbonyl (C=O) groups excluding carboxylic acids is 1. The molecule has 0 aliphatic carbocycles. The van der Waals surface area contributed by atoms with Gasteiger partial charge in [0, 0.05) is 23.3 Å². The highest BCUT2D eigenvalue weighted by molar-refractivity contribution is 6.30. The number of halogens is 1. The number of nitrogens with one attached hydrogen (secondary N) is 1. The second kappa shape index (κ2) is 7.90. The summed E-state index contributed by atoms with van der Waals surface area (Å²) in [5, 5.41) is 13.6. The fourth-order valence-electron chi connectivity index (χ4n) is 3.26. The van der Waals surface area contributed by atoms with E-state index >= 15 is 0 Å². The van der Waals surface area contributed by atoms with Gasteiger partial charge in [0.05, 0.1) is 0 Å². The summed E-state index contributed by atoms with van der Waals surface area (Å²) in [6.07, 6.45) is 1.66. The van der Waals surface area contributed by atoms with Crippen molar-refractivity contribution in [2.75, 3.05) is 0 Å². The Kier molecular flexibility index (Phi) is 5.13. The van der Waals surface area contributed by atoms with Crippen molar-refractivity contribution >= 4 is 34.2 Å². The quantitative estimate of drug-likeness (QED) is 0.633. The van der Waals surface area contributed by atoms with E-state index in [4.69, 9.17) is 20.8 Å². The molecule has 7 heteroatoms. The van der Waals surface area contributed by atoms with Crippen molar-refractivity contribution in [3.05, 3.63) is 98.7 Å². The van der Waals surface area contributed by atoms with Crippen molar-refractivity contribution in [3.8, 4) is 6.07 Å². The van der Waals surface area contributed by atoms with E-state index in [0.29, 0.717) is 10.6 Å². The van der Waals surface area contributed by atoms with Crippen LogP contribution in [0.2, 0.25) is 5.02 Å². The van der Waals surface area contributed by atoms with Crippen molar-refractivity contribution < 1.29 is 13.9 Å². The number of carbonyl (C=O) groups is 1. The molecule has 2 heterocycles. The van der Waals surface area contributed by atoms with Gasteiger partial charge in [-0.05, 0) is 35.9 Å². The fraction of sp³-hybridized carbons (Fsp3) is 0.0870. The number of amides is 1. The van der Waals surface area contributed by atoms with E-state index in [2.05, 4.69) is 11.4 Å². The van der Waals surface area contributed by atoms with Crippen LogP contribution in [0.3, 0.4) is 0 Å². The van der Waals surface area contributed by atoms with E-state index in [9.17, 15) is 14.9 Å². The first-order valence-corrected chi connectivity index (χ1v) is 9.44. The molecule has 4 rings (SSSR count). The average Bonchev–Trinajstić information content (AvgIpc) is 2.73. The van der Waals surface area contributed by atoms with Crippen LogP contribution in [0, 0.1) is 11.3 Å². The van der Waals surface area contributed by atoms with Crippen molar-refractivity contribution in [1.82, 2.24) is 5.32 Å². The molecule has 0 fully saturated rings. The summed E-state index contributed by atoms with van der Waals surface area (Å²) >= 11 is 5.99. The highest BCUT2D eigenvalue weighted by Gasteiger charge is 2.29. The lowest BCUT2D eigenvalue weighted by atomic mass is 9.89. The van der Waals surface area contributed by atoms with Gasteiger partial charge in [0.1, 0.15) is 28.5 Å². The van der Waals surface area contributed by atoms with Crippen LogP contribution in [-0.2, 0) is 9.53 Å². The number of fused-ring (bicyclic) bond motifs is 1. The monoisotopic (exact) mass is 418 g/mol. The van der Waals surface area contributed by atoms with Gasteiger partial charge in [-0.15, -0.1) is 0 Å². The number of allylic oxidation sites excluding steroid dienone is 2. The largest absolute Gasteiger partial charge is 0.439 e. The normalized spacial score (nSPS) is 15.9. The van der Waals surface area contributed by atoms with Gasteiger partial charge < -0.3 is 9.15 Å². The summed E-state index contributed by atoms with van der Waals surface area (Å²) in [6, 6.07) is 17.8. The molecule has 2 aromatic carbocycles. The third-order valence-electron chi connectivity index (χ3n) is 4.63. The topological polar surface area (TPSA) is 92.3 Å². The minimum absolute atomic E-state index is 0.0185. The number of hydrogen-bond acceptors (Lipinski definition) is 5. The summed E-state index contributed by atoms with van der Waals surface area (Å²) < 4.78 is 11.2. The summed E-state index contributed by atoms with van der Waals surface area (Å²) in [4.78, 5) is 24.3. The second-order valence-electron chi connectivity index (χ2n) is 6.68. The molecule has 1 aliphatic rings. The van der Waals surface area contributed by atoms with E-state index in [1.807, 2.05) is 12.1 Å². The molecule has 0 spiro atoms. The predicted octanol–water partition coefficient (Wildman–Crippen LogP) is 4.47. The molecule has 1 aliphatic heterocycles. The third-order valence-corrected chi connectivity index (χ3v) is 4.88. The molecule has 0 saturated carbocycles. The second-order valence-corrected chi connectivity index (χ2v) is 7.12. The zero-order valence-corrected chi connectivity index (χ0v) is 16.6. The summed E-state index contributed by atoms with van der Waals surface area (Å²) in [6.45, 7) is 1.31. The molecule has 1 amide bonds. The minimum Gasteiger partial charge on any atom is -0.439 e. The van der Waals surface area contributed by atoms with Crippen LogP contribution in [0.25, 0.3) is 16.7 Å². The number of hydrogen-bond donors (Lipinski definition) is 1. The van der Waals surface area contributed by atoms with E-state index in [-0.39, 0.29) is 22.8 Å². The number of nitriles is 1. The maximum absolute atomic E-state index is 12.6. The van der Waals surface area contributed by atoms with Crippen molar-refractivity contribution in [2.45, 2.75) is 12.8 Å². The lowest BCUT2D eigenvalue weighted by Gasteiger charge is -2.24. The van der Waals surface area contributed by atoms with Crippen LogP contribution >= 0.6 is 11.6 Å². The molecule has 3 aromatic rings. The Morgan fingerprint density at radius 3 is 2.60 bits per heavy atom. The molecule has 30 heavy (non-hydrogen) atoms. The lowest BCUT2D eigenvalue weighted by molar-refractivity contribution is -0.118. The van der Waals surface area contributed by atoms with Gasteiger partial charge in [-0.2, -0.15) is 5.26 Å². The first-order chi connectivity index (χ1) is 14.5. The van der Waals surface area contributed by atoms with Crippen LogP contribution in [0.1, 0.15) is 24.0 Å². The maximum Gasteiger partial charge on any atom is 0.347 e. The van der Waals surface area contributed by atoms with Crippen LogP contribution in [0.15, 0.2) is 81.3 Å². The summed E-state index contributed by atoms with van der Waals surface area (Å²) in [5.74, 6) is -0.782. The summed E-state index contributed by atoms with van der Waals surface area (Å²) in [7, 11) is 0. The maximum atomic E-state index is 12.6. The predicted molar refractivity (Wildman–Crippen MR) is 112 cm³/mol. The average molecular weight is 419 g/mol. The SMILES string of the molecule is CC(=O)NC1=C(C#N)C(c2ccc(Cl)cc2)C=C(c2cc3ccccc3oc2=O)O1. The number of para-hydroxylation sites is 1. The Hall–Kier alpha value is -3.82. The number of ether oxygens (including phenoxy) is 1. The van der Waals surface area contributed by atoms with Crippen LogP contribution < -0.4 is 10.9 Å². The Labute approximate surface area is 176 Å². The van der Waals surface area contributed by atoms with E-state index in [1.165, 1.54) is 6.92 Å². The minimum atomic E-state index is -0.586. The van der Waals surface area contributed by atoms with E-state index in [0.717, 1.165) is 10.9 Å². The first-order valence-electron chi connectivity index (χ1n) is 9.06. The molecule has 0 saturated heterocycles. The van der Waals surface area contributed by atoms with Gasteiger partial charge in [0.25, 0.3) is 0 Å². The smallest absolute Gasteiger partial charge is 0.347 e. The van der Waals surface area contributed by atoms with Crippen molar-refractivity contribution in [1.29, 1.82) is 5.26 Å². The molecule has 1 atom stereocenters. The number of benzene rings is 2. The van der Waals surface area contributed by atoms with Gasteiger partial charge in [-0.3, -0.25) is 10.1 Å². The molecule has 6 nitrogen and oxygen atoms in total. The van der Waals surface area contributed by atoms with E-state index < -0.39 is 17.5 Å². The Balaban J connectivity index is 1.89. The number of rotatable bonds is 3. The first kappa shape index (κ1) is 19.5. The zero-order chi connectivity index (χ0) is 21.3. The molecular weight excluding hydrogens is 404 g/mol. The highest BCUT2D eigenvalue weighted by atomic mass is 35.5. The summed E-state index contributed by atoms with van der Waals surface area (Å²) in [5.41, 5.74) is 1.02. The molecule has 1 unspecified atom stereocenters. The van der Waals surface area contributed by atoms with E-state index in [1.54, 1.807) is 48.5 Å². The zero-order valence-electron chi connectivity index (χ0n) is 15.8. The molecular formula is C23H15ClN2O4. The molecule has 1 aromatic heterocycles. The van der Waals surface area contributed by atoms with Gasteiger partial charge >= 0.3 is 5.63 Å². The fourth-order valence-corrected chi connectivity index (χ4v) is 3.39. The van der Waals surface area contributed by atoms with Crippen LogP contribution in [-0.4, -0.2) is 5.91 Å². The van der Waals surface area contributed by atoms with Gasteiger partial charge in [-0.1, -0.05) is 41.9 Å². The van der Waals surface area contributed by atoms with Gasteiger partial charge in [0.15, 0.2) is 0 Å².